The predicted octanol–water partition coefficient (Wildman–Crippen LogP) is 3.00. The van der Waals surface area contributed by atoms with Crippen LogP contribution in [0.2, 0.25) is 0 Å². The lowest BCUT2D eigenvalue weighted by molar-refractivity contribution is 0.439. The van der Waals surface area contributed by atoms with Gasteiger partial charge in [0.2, 0.25) is 0 Å². The second-order valence-electron chi connectivity index (χ2n) is 2.66. The molecule has 1 aromatic carbocycles. The molecule has 0 radical (unpaired) electrons. The maximum Gasteiger partial charge on any atom is 0.134 e. The van der Waals surface area contributed by atoms with Crippen molar-refractivity contribution in [2.45, 2.75) is 6.92 Å². The van der Waals surface area contributed by atoms with Crippen LogP contribution in [0.15, 0.2) is 42.2 Å². The smallest absolute Gasteiger partial charge is 0.134 e. The molecule has 1 aromatic rings. The summed E-state index contributed by atoms with van der Waals surface area (Å²) in [7, 11) is 0. The molecule has 0 fully saturated rings. The zero-order valence-electron chi connectivity index (χ0n) is 6.95. The highest BCUT2D eigenvalue weighted by Gasteiger charge is 2.05. The Morgan fingerprint density at radius 3 is 2.83 bits per heavy atom. The molecule has 0 saturated heterocycles. The molecule has 1 aliphatic rings. The summed E-state index contributed by atoms with van der Waals surface area (Å²) in [5.74, 6) is 1.85. The van der Waals surface area contributed by atoms with Crippen LogP contribution in [0, 0.1) is 0 Å². The van der Waals surface area contributed by atoms with Crippen molar-refractivity contribution in [3.63, 3.8) is 0 Å². The SMILES string of the molecule is C/C=C1\C=Cc2ccccc2O1. The molecule has 0 atom stereocenters. The van der Waals surface area contributed by atoms with E-state index in [4.69, 9.17) is 4.74 Å². The lowest BCUT2D eigenvalue weighted by Crippen LogP contribution is -1.97. The fourth-order valence-corrected chi connectivity index (χ4v) is 1.20. The molecule has 1 aliphatic heterocycles. The fourth-order valence-electron chi connectivity index (χ4n) is 1.20. The molecule has 0 amide bonds. The van der Waals surface area contributed by atoms with Crippen molar-refractivity contribution in [1.29, 1.82) is 0 Å². The Hall–Kier alpha value is -1.50. The van der Waals surface area contributed by atoms with Gasteiger partial charge in [-0.25, -0.2) is 0 Å². The number of hydrogen-bond donors (Lipinski definition) is 0. The van der Waals surface area contributed by atoms with Gasteiger partial charge in [0, 0.05) is 5.56 Å². The van der Waals surface area contributed by atoms with Gasteiger partial charge in [-0.1, -0.05) is 18.2 Å². The van der Waals surface area contributed by atoms with E-state index < -0.39 is 0 Å². The molecule has 0 spiro atoms. The highest BCUT2D eigenvalue weighted by atomic mass is 16.5. The second-order valence-corrected chi connectivity index (χ2v) is 2.66. The van der Waals surface area contributed by atoms with Crippen molar-refractivity contribution in [1.82, 2.24) is 0 Å². The van der Waals surface area contributed by atoms with Crippen LogP contribution in [0.5, 0.6) is 5.75 Å². The monoisotopic (exact) mass is 158 g/mol. The van der Waals surface area contributed by atoms with Gasteiger partial charge in [0.1, 0.15) is 11.5 Å². The molecule has 0 N–H and O–H groups in total. The van der Waals surface area contributed by atoms with E-state index in [9.17, 15) is 0 Å². The van der Waals surface area contributed by atoms with Crippen molar-refractivity contribution >= 4 is 6.08 Å². The summed E-state index contributed by atoms with van der Waals surface area (Å²) in [6.45, 7) is 1.97. The van der Waals surface area contributed by atoms with Crippen LogP contribution >= 0.6 is 0 Å². The highest BCUT2D eigenvalue weighted by molar-refractivity contribution is 5.62. The molecule has 1 nitrogen and oxygen atoms in total. The van der Waals surface area contributed by atoms with Crippen LogP contribution in [0.25, 0.3) is 6.08 Å². The van der Waals surface area contributed by atoms with Crippen molar-refractivity contribution in [2.75, 3.05) is 0 Å². The van der Waals surface area contributed by atoms with Crippen molar-refractivity contribution in [2.24, 2.45) is 0 Å². The number of hydrogen-bond acceptors (Lipinski definition) is 1. The lowest BCUT2D eigenvalue weighted by atomic mass is 10.1. The average Bonchev–Trinajstić information content (AvgIpc) is 2.17. The molecule has 0 saturated carbocycles. The first-order valence-electron chi connectivity index (χ1n) is 4.01. The Morgan fingerprint density at radius 2 is 2.00 bits per heavy atom. The van der Waals surface area contributed by atoms with E-state index in [1.807, 2.05) is 43.3 Å². The first kappa shape index (κ1) is 7.17. The molecule has 0 aliphatic carbocycles. The second kappa shape index (κ2) is 2.86. The molecule has 2 rings (SSSR count). The molecule has 1 heteroatoms. The maximum absolute atomic E-state index is 5.56. The third kappa shape index (κ3) is 1.14. The van der Waals surface area contributed by atoms with Gasteiger partial charge in [-0.15, -0.1) is 0 Å². The minimum Gasteiger partial charge on any atom is -0.457 e. The summed E-state index contributed by atoms with van der Waals surface area (Å²) >= 11 is 0. The summed E-state index contributed by atoms with van der Waals surface area (Å²) in [5, 5.41) is 0. The van der Waals surface area contributed by atoms with E-state index >= 15 is 0 Å². The van der Waals surface area contributed by atoms with Crippen molar-refractivity contribution in [3.05, 3.63) is 47.7 Å². The maximum atomic E-state index is 5.56. The zero-order valence-corrected chi connectivity index (χ0v) is 6.95. The summed E-state index contributed by atoms with van der Waals surface area (Å²) in [5.41, 5.74) is 1.14. The number of benzene rings is 1. The van der Waals surface area contributed by atoms with Crippen LogP contribution in [0.4, 0.5) is 0 Å². The summed E-state index contributed by atoms with van der Waals surface area (Å²) < 4.78 is 5.56. The fraction of sp³-hybridized carbons (Fsp3) is 0.0909. The van der Waals surface area contributed by atoms with Gasteiger partial charge in [-0.2, -0.15) is 0 Å². The van der Waals surface area contributed by atoms with E-state index in [2.05, 4.69) is 6.08 Å². The molecule has 60 valence electrons. The van der Waals surface area contributed by atoms with Gasteiger partial charge in [0.15, 0.2) is 0 Å². The van der Waals surface area contributed by atoms with Crippen LogP contribution in [0.3, 0.4) is 0 Å². The molecular formula is C11H10O. The summed E-state index contributed by atoms with van der Waals surface area (Å²) in [6, 6.07) is 8.00. The Bertz CT molecular complexity index is 348. The molecule has 0 unspecified atom stereocenters. The predicted molar refractivity (Wildman–Crippen MR) is 49.9 cm³/mol. The normalized spacial score (nSPS) is 17.2. The van der Waals surface area contributed by atoms with Crippen LogP contribution in [-0.2, 0) is 0 Å². The zero-order chi connectivity index (χ0) is 8.39. The standard InChI is InChI=1S/C11H10O/c1-2-10-8-7-9-5-3-4-6-11(9)12-10/h2-8H,1H3/b10-2+. The summed E-state index contributed by atoms with van der Waals surface area (Å²) in [6.07, 6.45) is 5.99. The van der Waals surface area contributed by atoms with Gasteiger partial charge in [-0.05, 0) is 31.2 Å². The Kier molecular flexibility index (Phi) is 1.71. The van der Waals surface area contributed by atoms with Crippen LogP contribution < -0.4 is 4.74 Å². The lowest BCUT2D eigenvalue weighted by Gasteiger charge is -2.13. The van der Waals surface area contributed by atoms with Gasteiger partial charge < -0.3 is 4.74 Å². The first-order valence-corrected chi connectivity index (χ1v) is 4.01. The van der Waals surface area contributed by atoms with Gasteiger partial charge in [0.25, 0.3) is 0 Å². The molecular weight excluding hydrogens is 148 g/mol. The van der Waals surface area contributed by atoms with Crippen molar-refractivity contribution < 1.29 is 4.74 Å². The van der Waals surface area contributed by atoms with Gasteiger partial charge in [-0.3, -0.25) is 0 Å². The Balaban J connectivity index is 2.46. The third-order valence-electron chi connectivity index (χ3n) is 1.86. The number of allylic oxidation sites excluding steroid dienone is 2. The number of ether oxygens (including phenoxy) is 1. The summed E-state index contributed by atoms with van der Waals surface area (Å²) in [4.78, 5) is 0. The molecule has 0 bridgehead atoms. The van der Waals surface area contributed by atoms with E-state index in [-0.39, 0.29) is 0 Å². The topological polar surface area (TPSA) is 9.23 Å². The molecule has 12 heavy (non-hydrogen) atoms. The van der Waals surface area contributed by atoms with E-state index in [1.54, 1.807) is 0 Å². The number of rotatable bonds is 0. The largest absolute Gasteiger partial charge is 0.457 e. The first-order chi connectivity index (χ1) is 5.90. The minimum atomic E-state index is 0.911. The molecule has 1 heterocycles. The van der Waals surface area contributed by atoms with Gasteiger partial charge in [0.05, 0.1) is 0 Å². The molecule has 0 aromatic heterocycles. The number of fused-ring (bicyclic) bond motifs is 1. The van der Waals surface area contributed by atoms with E-state index in [0.29, 0.717) is 0 Å². The van der Waals surface area contributed by atoms with E-state index in [1.165, 1.54) is 0 Å². The third-order valence-corrected chi connectivity index (χ3v) is 1.86. The van der Waals surface area contributed by atoms with Crippen LogP contribution in [-0.4, -0.2) is 0 Å². The van der Waals surface area contributed by atoms with Crippen LogP contribution in [0.1, 0.15) is 12.5 Å². The highest BCUT2D eigenvalue weighted by Crippen LogP contribution is 2.26. The van der Waals surface area contributed by atoms with Gasteiger partial charge >= 0.3 is 0 Å². The minimum absolute atomic E-state index is 0.911. The van der Waals surface area contributed by atoms with Crippen molar-refractivity contribution in [3.8, 4) is 5.75 Å². The van der Waals surface area contributed by atoms with E-state index in [0.717, 1.165) is 17.1 Å². The quantitative estimate of drug-likeness (QED) is 0.564. The number of para-hydroxylation sites is 1. The average molecular weight is 158 g/mol. The Labute approximate surface area is 72.0 Å². The Morgan fingerprint density at radius 1 is 1.17 bits per heavy atom.